The first-order valence-corrected chi connectivity index (χ1v) is 8.23. The molecule has 120 valence electrons. The number of ether oxygens (including phenoxy) is 1. The van der Waals surface area contributed by atoms with Crippen LogP contribution in [0.25, 0.3) is 0 Å². The molecule has 0 heterocycles. The fraction of sp³-hybridized carbons (Fsp3) is 0.316. The minimum atomic E-state index is -0.318. The molecular formula is C19H20ClNO2. The van der Waals surface area contributed by atoms with Gasteiger partial charge >= 0.3 is 0 Å². The van der Waals surface area contributed by atoms with Gasteiger partial charge < -0.3 is 10.1 Å². The highest BCUT2D eigenvalue weighted by Crippen LogP contribution is 2.39. The average molecular weight is 330 g/mol. The van der Waals surface area contributed by atoms with Crippen LogP contribution in [0.15, 0.2) is 48.5 Å². The summed E-state index contributed by atoms with van der Waals surface area (Å²) in [5, 5.41) is 3.95. The first kappa shape index (κ1) is 15.9. The zero-order valence-corrected chi connectivity index (χ0v) is 13.9. The van der Waals surface area contributed by atoms with E-state index < -0.39 is 0 Å². The molecule has 0 radical (unpaired) electrons. The van der Waals surface area contributed by atoms with Gasteiger partial charge in [0.15, 0.2) is 0 Å². The average Bonchev–Trinajstić information content (AvgIpc) is 3.04. The summed E-state index contributed by atoms with van der Waals surface area (Å²) in [5.74, 6) is 0.682. The van der Waals surface area contributed by atoms with Crippen molar-refractivity contribution in [2.24, 2.45) is 0 Å². The van der Waals surface area contributed by atoms with Crippen molar-refractivity contribution in [2.45, 2.75) is 31.2 Å². The lowest BCUT2D eigenvalue weighted by Crippen LogP contribution is -2.43. The molecule has 1 saturated carbocycles. The van der Waals surface area contributed by atoms with Gasteiger partial charge in [0.25, 0.3) is 5.91 Å². The van der Waals surface area contributed by atoms with Crippen LogP contribution >= 0.6 is 11.6 Å². The predicted molar refractivity (Wildman–Crippen MR) is 92.1 cm³/mol. The minimum Gasteiger partial charge on any atom is -0.497 e. The molecule has 1 N–H and O–H groups in total. The summed E-state index contributed by atoms with van der Waals surface area (Å²) in [7, 11) is 1.61. The monoisotopic (exact) mass is 329 g/mol. The molecule has 0 bridgehead atoms. The van der Waals surface area contributed by atoms with Crippen molar-refractivity contribution in [3.05, 3.63) is 64.7 Å². The summed E-state index contributed by atoms with van der Waals surface area (Å²) >= 11 is 6.15. The van der Waals surface area contributed by atoms with Crippen molar-refractivity contribution in [1.29, 1.82) is 0 Å². The summed E-state index contributed by atoms with van der Waals surface area (Å²) in [4.78, 5) is 12.7. The molecule has 0 aliphatic heterocycles. The van der Waals surface area contributed by atoms with Gasteiger partial charge in [-0.25, -0.2) is 0 Å². The van der Waals surface area contributed by atoms with Crippen molar-refractivity contribution in [3.8, 4) is 5.75 Å². The van der Waals surface area contributed by atoms with Crippen LogP contribution in [-0.2, 0) is 5.54 Å². The fourth-order valence-electron chi connectivity index (χ4n) is 3.28. The van der Waals surface area contributed by atoms with Crippen molar-refractivity contribution < 1.29 is 9.53 Å². The van der Waals surface area contributed by atoms with Crippen LogP contribution in [0.3, 0.4) is 0 Å². The number of carbonyl (C=O) groups is 1. The van der Waals surface area contributed by atoms with E-state index in [9.17, 15) is 4.79 Å². The summed E-state index contributed by atoms with van der Waals surface area (Å²) in [6.07, 6.45) is 4.09. The van der Waals surface area contributed by atoms with Crippen molar-refractivity contribution in [2.75, 3.05) is 7.11 Å². The van der Waals surface area contributed by atoms with Gasteiger partial charge in [0, 0.05) is 10.6 Å². The molecule has 3 nitrogen and oxygen atoms in total. The molecule has 0 spiro atoms. The molecule has 1 aliphatic rings. The Morgan fingerprint density at radius 2 is 1.83 bits per heavy atom. The molecule has 1 aliphatic carbocycles. The minimum absolute atomic E-state index is 0.0606. The number of hydrogen-bond acceptors (Lipinski definition) is 2. The summed E-state index contributed by atoms with van der Waals surface area (Å²) < 4.78 is 5.14. The fourth-order valence-corrected chi connectivity index (χ4v) is 3.47. The Bertz CT molecular complexity index is 691. The topological polar surface area (TPSA) is 38.3 Å². The maximum Gasteiger partial charge on any atom is 0.251 e. The number of rotatable bonds is 4. The van der Waals surface area contributed by atoms with Crippen LogP contribution in [0.1, 0.15) is 41.6 Å². The highest BCUT2D eigenvalue weighted by atomic mass is 35.5. The van der Waals surface area contributed by atoms with Gasteiger partial charge in [-0.05, 0) is 54.8 Å². The van der Waals surface area contributed by atoms with Gasteiger partial charge in [-0.3, -0.25) is 4.79 Å². The molecule has 2 aromatic carbocycles. The largest absolute Gasteiger partial charge is 0.497 e. The number of methoxy groups -OCH3 is 1. The number of nitrogens with one attached hydrogen (secondary N) is 1. The number of benzene rings is 2. The Morgan fingerprint density at radius 1 is 1.13 bits per heavy atom. The Kier molecular flexibility index (Phi) is 4.58. The number of hydrogen-bond donors (Lipinski definition) is 1. The first-order chi connectivity index (χ1) is 11.1. The molecular weight excluding hydrogens is 310 g/mol. The summed E-state index contributed by atoms with van der Waals surface area (Å²) in [6, 6.07) is 15.0. The molecule has 0 atom stereocenters. The van der Waals surface area contributed by atoms with E-state index in [-0.39, 0.29) is 11.4 Å². The third-order valence-corrected chi connectivity index (χ3v) is 4.77. The standard InChI is InChI=1S/C19H20ClNO2/c1-23-17-9-7-14(8-10-17)18(22)21-19(11-2-3-12-19)15-5-4-6-16(20)13-15/h4-10,13H,2-3,11-12H2,1H3,(H,21,22). The van der Waals surface area contributed by atoms with Crippen LogP contribution < -0.4 is 10.1 Å². The maximum absolute atomic E-state index is 12.7. The Hall–Kier alpha value is -2.00. The van der Waals surface area contributed by atoms with E-state index in [4.69, 9.17) is 16.3 Å². The second-order valence-electron chi connectivity index (χ2n) is 5.98. The maximum atomic E-state index is 12.7. The Morgan fingerprint density at radius 3 is 2.43 bits per heavy atom. The van der Waals surface area contributed by atoms with E-state index in [2.05, 4.69) is 5.32 Å². The Balaban J connectivity index is 1.85. The smallest absolute Gasteiger partial charge is 0.251 e. The van der Waals surface area contributed by atoms with Crippen molar-refractivity contribution >= 4 is 17.5 Å². The van der Waals surface area contributed by atoms with Crippen LogP contribution in [0.2, 0.25) is 5.02 Å². The SMILES string of the molecule is COc1ccc(C(=O)NC2(c3cccc(Cl)c3)CCCC2)cc1. The zero-order valence-electron chi connectivity index (χ0n) is 13.1. The number of amides is 1. The first-order valence-electron chi connectivity index (χ1n) is 7.86. The molecule has 23 heavy (non-hydrogen) atoms. The van der Waals surface area contributed by atoms with Gasteiger partial charge in [-0.1, -0.05) is 36.6 Å². The second-order valence-corrected chi connectivity index (χ2v) is 6.42. The highest BCUT2D eigenvalue weighted by Gasteiger charge is 2.37. The molecule has 1 fully saturated rings. The molecule has 2 aromatic rings. The molecule has 3 rings (SSSR count). The number of halogens is 1. The zero-order chi connectivity index (χ0) is 16.3. The molecule has 0 saturated heterocycles. The van der Waals surface area contributed by atoms with Gasteiger partial charge in [0.1, 0.15) is 5.75 Å². The van der Waals surface area contributed by atoms with E-state index in [0.29, 0.717) is 10.6 Å². The van der Waals surface area contributed by atoms with Gasteiger partial charge in [-0.2, -0.15) is 0 Å². The molecule has 0 unspecified atom stereocenters. The molecule has 0 aromatic heterocycles. The summed E-state index contributed by atoms with van der Waals surface area (Å²) in [5.41, 5.74) is 1.41. The van der Waals surface area contributed by atoms with Gasteiger partial charge in [-0.15, -0.1) is 0 Å². The van der Waals surface area contributed by atoms with Crippen LogP contribution in [0.4, 0.5) is 0 Å². The normalized spacial score (nSPS) is 16.1. The van der Waals surface area contributed by atoms with E-state index in [1.54, 1.807) is 31.4 Å². The van der Waals surface area contributed by atoms with Crippen molar-refractivity contribution in [3.63, 3.8) is 0 Å². The van der Waals surface area contributed by atoms with E-state index in [1.807, 2.05) is 24.3 Å². The quantitative estimate of drug-likeness (QED) is 0.893. The van der Waals surface area contributed by atoms with Crippen LogP contribution in [0.5, 0.6) is 5.75 Å². The lowest BCUT2D eigenvalue weighted by molar-refractivity contribution is 0.0898. The van der Waals surface area contributed by atoms with Crippen LogP contribution in [-0.4, -0.2) is 13.0 Å². The third-order valence-electron chi connectivity index (χ3n) is 4.54. The Labute approximate surface area is 141 Å². The lowest BCUT2D eigenvalue weighted by Gasteiger charge is -2.31. The van der Waals surface area contributed by atoms with E-state index in [0.717, 1.165) is 37.0 Å². The van der Waals surface area contributed by atoms with E-state index in [1.165, 1.54) is 0 Å². The third kappa shape index (κ3) is 3.35. The van der Waals surface area contributed by atoms with Crippen molar-refractivity contribution in [1.82, 2.24) is 5.32 Å². The van der Waals surface area contributed by atoms with E-state index >= 15 is 0 Å². The number of carbonyl (C=O) groups excluding carboxylic acids is 1. The second kappa shape index (κ2) is 6.63. The molecule has 1 amide bonds. The molecule has 4 heteroatoms. The van der Waals surface area contributed by atoms with Crippen LogP contribution in [0, 0.1) is 0 Å². The lowest BCUT2D eigenvalue weighted by atomic mass is 9.87. The summed E-state index contributed by atoms with van der Waals surface area (Å²) in [6.45, 7) is 0. The van der Waals surface area contributed by atoms with Gasteiger partial charge in [0.2, 0.25) is 0 Å². The predicted octanol–water partition coefficient (Wildman–Crippen LogP) is 4.55. The van der Waals surface area contributed by atoms with Gasteiger partial charge in [0.05, 0.1) is 12.6 Å². The highest BCUT2D eigenvalue weighted by molar-refractivity contribution is 6.30.